The first kappa shape index (κ1) is 20.3. The molecule has 9 heteroatoms. The van der Waals surface area contributed by atoms with E-state index in [-0.39, 0.29) is 4.88 Å². The van der Waals surface area contributed by atoms with E-state index in [4.69, 9.17) is 10.5 Å². The molecule has 0 unspecified atom stereocenters. The summed E-state index contributed by atoms with van der Waals surface area (Å²) in [6, 6.07) is 9.63. The van der Waals surface area contributed by atoms with Crippen molar-refractivity contribution in [2.24, 2.45) is 0 Å². The zero-order chi connectivity index (χ0) is 20.9. The van der Waals surface area contributed by atoms with Crippen molar-refractivity contribution in [3.05, 3.63) is 58.7 Å². The minimum absolute atomic E-state index is 0.171. The summed E-state index contributed by atoms with van der Waals surface area (Å²) < 4.78 is 5.39. The van der Waals surface area contributed by atoms with E-state index in [1.54, 1.807) is 24.5 Å². The molecule has 0 aliphatic carbocycles. The standard InChI is InChI=1S/C21H23N5O3S/c22-17-11-14(13-26-7-9-29-10-8-26)1-2-16(17)12-24-19-18(21(27)28)30-20(25-19)15-3-5-23-6-4-15/h1-6,11,24H,7-10,12-13,22H2,(H,27,28). The number of carbonyl (C=O) groups is 1. The second-order valence-corrected chi connectivity index (χ2v) is 8.01. The molecule has 1 aliphatic rings. The second kappa shape index (κ2) is 9.21. The number of carboxylic acids is 1. The van der Waals surface area contributed by atoms with Gasteiger partial charge in [0, 0.05) is 49.8 Å². The number of hydrogen-bond donors (Lipinski definition) is 3. The molecule has 0 radical (unpaired) electrons. The number of rotatable bonds is 7. The molecular formula is C21H23N5O3S. The van der Waals surface area contributed by atoms with Crippen molar-refractivity contribution in [2.45, 2.75) is 13.1 Å². The number of aromatic carboxylic acids is 1. The Morgan fingerprint density at radius 3 is 2.70 bits per heavy atom. The van der Waals surface area contributed by atoms with Gasteiger partial charge in [-0.3, -0.25) is 9.88 Å². The van der Waals surface area contributed by atoms with E-state index in [1.807, 2.05) is 12.1 Å². The van der Waals surface area contributed by atoms with Crippen molar-refractivity contribution in [1.82, 2.24) is 14.9 Å². The van der Waals surface area contributed by atoms with Crippen molar-refractivity contribution in [3.8, 4) is 10.6 Å². The van der Waals surface area contributed by atoms with E-state index in [9.17, 15) is 9.90 Å². The highest BCUT2D eigenvalue weighted by Crippen LogP contribution is 2.31. The number of anilines is 2. The van der Waals surface area contributed by atoms with Gasteiger partial charge in [-0.05, 0) is 29.3 Å². The van der Waals surface area contributed by atoms with Crippen molar-refractivity contribution >= 4 is 28.8 Å². The van der Waals surface area contributed by atoms with Gasteiger partial charge < -0.3 is 20.9 Å². The van der Waals surface area contributed by atoms with Gasteiger partial charge in [0.15, 0.2) is 10.7 Å². The fourth-order valence-electron chi connectivity index (χ4n) is 3.30. The van der Waals surface area contributed by atoms with Crippen LogP contribution >= 0.6 is 11.3 Å². The Labute approximate surface area is 178 Å². The topological polar surface area (TPSA) is 114 Å². The summed E-state index contributed by atoms with van der Waals surface area (Å²) in [6.45, 7) is 4.60. The smallest absolute Gasteiger partial charge is 0.349 e. The summed E-state index contributed by atoms with van der Waals surface area (Å²) in [4.78, 5) is 22.6. The Morgan fingerprint density at radius 1 is 1.23 bits per heavy atom. The SMILES string of the molecule is Nc1cc(CN2CCOCC2)ccc1CNc1nc(-c2ccncc2)sc1C(=O)O. The minimum Gasteiger partial charge on any atom is -0.477 e. The first-order valence-electron chi connectivity index (χ1n) is 9.66. The fourth-order valence-corrected chi connectivity index (χ4v) is 4.19. The van der Waals surface area contributed by atoms with Gasteiger partial charge >= 0.3 is 5.97 Å². The maximum absolute atomic E-state index is 11.7. The third kappa shape index (κ3) is 4.76. The summed E-state index contributed by atoms with van der Waals surface area (Å²) in [5.41, 5.74) is 9.82. The van der Waals surface area contributed by atoms with Crippen LogP contribution in [0.25, 0.3) is 10.6 Å². The monoisotopic (exact) mass is 425 g/mol. The number of thiazole rings is 1. The predicted molar refractivity (Wildman–Crippen MR) is 117 cm³/mol. The molecule has 0 spiro atoms. The van der Waals surface area contributed by atoms with Gasteiger partial charge in [-0.2, -0.15) is 0 Å². The van der Waals surface area contributed by atoms with E-state index in [1.165, 1.54) is 0 Å². The van der Waals surface area contributed by atoms with Crippen LogP contribution in [-0.2, 0) is 17.8 Å². The summed E-state index contributed by atoms with van der Waals surface area (Å²) >= 11 is 1.13. The average molecular weight is 426 g/mol. The minimum atomic E-state index is -1.01. The Bertz CT molecular complexity index is 1020. The Morgan fingerprint density at radius 2 is 2.00 bits per heavy atom. The number of nitrogen functional groups attached to an aromatic ring is 1. The quantitative estimate of drug-likeness (QED) is 0.495. The van der Waals surface area contributed by atoms with Gasteiger partial charge in [-0.1, -0.05) is 12.1 Å². The lowest BCUT2D eigenvalue weighted by atomic mass is 10.1. The van der Waals surface area contributed by atoms with Crippen LogP contribution in [0.1, 0.15) is 20.8 Å². The molecule has 0 bridgehead atoms. The Hall–Kier alpha value is -3.01. The maximum atomic E-state index is 11.7. The second-order valence-electron chi connectivity index (χ2n) is 7.01. The fraction of sp³-hybridized carbons (Fsp3) is 0.286. The van der Waals surface area contributed by atoms with Gasteiger partial charge in [0.25, 0.3) is 0 Å². The summed E-state index contributed by atoms with van der Waals surface area (Å²) in [6.07, 6.45) is 3.31. The molecule has 30 heavy (non-hydrogen) atoms. The number of benzene rings is 1. The summed E-state index contributed by atoms with van der Waals surface area (Å²) in [5, 5.41) is 13.3. The van der Waals surface area contributed by atoms with Gasteiger partial charge in [0.1, 0.15) is 5.01 Å². The zero-order valence-corrected chi connectivity index (χ0v) is 17.2. The molecule has 4 N–H and O–H groups in total. The normalized spacial score (nSPS) is 14.5. The Kier molecular flexibility index (Phi) is 6.22. The molecule has 1 aliphatic heterocycles. The van der Waals surface area contributed by atoms with Crippen molar-refractivity contribution < 1.29 is 14.6 Å². The van der Waals surface area contributed by atoms with E-state index in [0.29, 0.717) is 23.1 Å². The van der Waals surface area contributed by atoms with Gasteiger partial charge in [-0.25, -0.2) is 9.78 Å². The van der Waals surface area contributed by atoms with Crippen LogP contribution in [0.2, 0.25) is 0 Å². The summed E-state index contributed by atoms with van der Waals surface area (Å²) in [5.74, 6) is -0.666. The van der Waals surface area contributed by atoms with E-state index in [2.05, 4.69) is 26.3 Å². The van der Waals surface area contributed by atoms with E-state index < -0.39 is 5.97 Å². The Balaban J connectivity index is 1.46. The van der Waals surface area contributed by atoms with Crippen molar-refractivity contribution in [1.29, 1.82) is 0 Å². The number of carboxylic acid groups (broad SMARTS) is 1. The van der Waals surface area contributed by atoms with Crippen molar-refractivity contribution in [2.75, 3.05) is 37.4 Å². The molecule has 8 nitrogen and oxygen atoms in total. The molecular weight excluding hydrogens is 402 g/mol. The van der Waals surface area contributed by atoms with Gasteiger partial charge in [-0.15, -0.1) is 11.3 Å². The lowest BCUT2D eigenvalue weighted by Gasteiger charge is -2.26. The molecule has 0 atom stereocenters. The van der Waals surface area contributed by atoms with Gasteiger partial charge in [0.05, 0.1) is 13.2 Å². The molecule has 3 aromatic rings. The molecule has 0 amide bonds. The van der Waals surface area contributed by atoms with Crippen LogP contribution in [0, 0.1) is 0 Å². The van der Waals surface area contributed by atoms with E-state index in [0.717, 1.165) is 60.9 Å². The number of nitrogens with zero attached hydrogens (tertiary/aromatic N) is 3. The molecule has 1 aromatic carbocycles. The highest BCUT2D eigenvalue weighted by molar-refractivity contribution is 7.17. The predicted octanol–water partition coefficient (Wildman–Crippen LogP) is 2.93. The number of morpholine rings is 1. The maximum Gasteiger partial charge on any atom is 0.349 e. The lowest BCUT2D eigenvalue weighted by Crippen LogP contribution is -2.35. The molecule has 0 saturated carbocycles. The highest BCUT2D eigenvalue weighted by Gasteiger charge is 2.18. The molecule has 156 valence electrons. The largest absolute Gasteiger partial charge is 0.477 e. The van der Waals surface area contributed by atoms with Crippen LogP contribution in [0.3, 0.4) is 0 Å². The summed E-state index contributed by atoms with van der Waals surface area (Å²) in [7, 11) is 0. The zero-order valence-electron chi connectivity index (χ0n) is 16.4. The highest BCUT2D eigenvalue weighted by atomic mass is 32.1. The average Bonchev–Trinajstić information content (AvgIpc) is 3.19. The number of pyridine rings is 1. The first-order chi connectivity index (χ1) is 14.6. The van der Waals surface area contributed by atoms with Crippen LogP contribution < -0.4 is 11.1 Å². The van der Waals surface area contributed by atoms with Gasteiger partial charge in [0.2, 0.25) is 0 Å². The molecule has 4 rings (SSSR count). The number of aromatic nitrogens is 2. The van der Waals surface area contributed by atoms with Crippen LogP contribution in [-0.4, -0.2) is 52.2 Å². The third-order valence-corrected chi connectivity index (χ3v) is 6.01. The van der Waals surface area contributed by atoms with E-state index >= 15 is 0 Å². The lowest BCUT2D eigenvalue weighted by molar-refractivity contribution is 0.0342. The van der Waals surface area contributed by atoms with Crippen molar-refractivity contribution in [3.63, 3.8) is 0 Å². The van der Waals surface area contributed by atoms with Crippen LogP contribution in [0.5, 0.6) is 0 Å². The number of hydrogen-bond acceptors (Lipinski definition) is 8. The third-order valence-electron chi connectivity index (χ3n) is 4.92. The molecule has 3 heterocycles. The number of ether oxygens (including phenoxy) is 1. The molecule has 1 saturated heterocycles. The van der Waals surface area contributed by atoms with Crippen LogP contribution in [0.15, 0.2) is 42.7 Å². The molecule has 1 fully saturated rings. The van der Waals surface area contributed by atoms with Crippen LogP contribution in [0.4, 0.5) is 11.5 Å². The molecule has 2 aromatic heterocycles. The number of nitrogens with two attached hydrogens (primary N) is 1. The first-order valence-corrected chi connectivity index (χ1v) is 10.5. The number of nitrogens with one attached hydrogen (secondary N) is 1.